The monoisotopic (exact) mass is 397 g/mol. The summed E-state index contributed by atoms with van der Waals surface area (Å²) in [5, 5.41) is 10.4. The lowest BCUT2D eigenvalue weighted by atomic mass is 10.1. The molecule has 0 aliphatic carbocycles. The third-order valence-corrected chi connectivity index (χ3v) is 3.56. The minimum absolute atomic E-state index is 0.122. The summed E-state index contributed by atoms with van der Waals surface area (Å²) in [6, 6.07) is 2.58. The van der Waals surface area contributed by atoms with E-state index < -0.39 is 46.4 Å². The van der Waals surface area contributed by atoms with Crippen molar-refractivity contribution in [2.24, 2.45) is 0 Å². The fourth-order valence-corrected chi connectivity index (χ4v) is 2.28. The van der Waals surface area contributed by atoms with E-state index in [1.54, 1.807) is 13.0 Å². The summed E-state index contributed by atoms with van der Waals surface area (Å²) >= 11 is 5.61. The molecule has 3 N–H and O–H groups in total. The predicted molar refractivity (Wildman–Crippen MR) is 94.8 cm³/mol. The second-order valence-corrected chi connectivity index (χ2v) is 5.71. The van der Waals surface area contributed by atoms with E-state index in [4.69, 9.17) is 16.7 Å². The topological polar surface area (TPSA) is 101 Å². The Bertz CT molecular complexity index is 922. The fraction of sp³-hybridized carbons (Fsp3) is 0.118. The maximum absolute atomic E-state index is 14.4. The molecule has 27 heavy (non-hydrogen) atoms. The molecule has 10 heteroatoms. The third kappa shape index (κ3) is 4.78. The lowest BCUT2D eigenvalue weighted by Gasteiger charge is -2.15. The van der Waals surface area contributed by atoms with Crippen LogP contribution in [-0.4, -0.2) is 28.6 Å². The second-order valence-electron chi connectivity index (χ2n) is 5.30. The molecule has 1 heterocycles. The molecule has 0 spiro atoms. The van der Waals surface area contributed by atoms with Crippen LogP contribution in [-0.2, 0) is 9.63 Å². The van der Waals surface area contributed by atoms with Gasteiger partial charge in [-0.1, -0.05) is 24.3 Å². The van der Waals surface area contributed by atoms with Crippen molar-refractivity contribution in [3.63, 3.8) is 0 Å². The Kier molecular flexibility index (Phi) is 6.43. The largest absolute Gasteiger partial charge is 0.479 e. The molecule has 1 amide bonds. The zero-order valence-electron chi connectivity index (χ0n) is 14.0. The quantitative estimate of drug-likeness (QED) is 0.488. The number of hydrogen-bond acceptors (Lipinski definition) is 5. The summed E-state index contributed by atoms with van der Waals surface area (Å²) in [7, 11) is 0. The number of carboxylic acids is 1. The number of carbonyl (C=O) groups excluding carboxylic acids is 1. The van der Waals surface area contributed by atoms with Gasteiger partial charge in [-0.05, 0) is 24.6 Å². The minimum atomic E-state index is -1.41. The molecule has 2 rings (SSSR count). The smallest absolute Gasteiger partial charge is 0.332 e. The van der Waals surface area contributed by atoms with Crippen molar-refractivity contribution >= 4 is 41.1 Å². The van der Waals surface area contributed by atoms with Crippen LogP contribution >= 0.6 is 11.6 Å². The Balaban J connectivity index is 2.45. The Labute approximate surface area is 157 Å². The van der Waals surface area contributed by atoms with E-state index in [9.17, 15) is 18.4 Å². The van der Waals surface area contributed by atoms with E-state index in [2.05, 4.69) is 21.7 Å². The van der Waals surface area contributed by atoms with Crippen LogP contribution in [0.2, 0.25) is 5.02 Å². The number of hydroxylamine groups is 1. The molecule has 0 bridgehead atoms. The minimum Gasteiger partial charge on any atom is -0.479 e. The number of nitrogens with zero attached hydrogens (tertiary/aromatic N) is 1. The molecule has 0 atom stereocenters. The van der Waals surface area contributed by atoms with Gasteiger partial charge in [-0.3, -0.25) is 9.63 Å². The molecule has 0 aliphatic rings. The number of carboxylic acid groups (broad SMARTS) is 1. The number of aromatic nitrogens is 1. The molecule has 0 saturated carbocycles. The average molecular weight is 398 g/mol. The van der Waals surface area contributed by atoms with Crippen LogP contribution in [0, 0.1) is 18.6 Å². The van der Waals surface area contributed by atoms with Gasteiger partial charge in [-0.15, -0.1) is 0 Å². The number of anilines is 2. The van der Waals surface area contributed by atoms with E-state index in [0.29, 0.717) is 5.56 Å². The van der Waals surface area contributed by atoms with Gasteiger partial charge in [-0.2, -0.15) is 0 Å². The van der Waals surface area contributed by atoms with Crippen LogP contribution in [0.4, 0.5) is 20.3 Å². The van der Waals surface area contributed by atoms with Crippen molar-refractivity contribution in [2.75, 3.05) is 11.9 Å². The highest BCUT2D eigenvalue weighted by atomic mass is 35.5. The van der Waals surface area contributed by atoms with Gasteiger partial charge in [0.05, 0.1) is 16.3 Å². The molecule has 1 aromatic heterocycles. The lowest BCUT2D eigenvalue weighted by molar-refractivity contribution is -0.144. The fourth-order valence-electron chi connectivity index (χ4n) is 2.08. The summed E-state index contributed by atoms with van der Waals surface area (Å²) in [6.45, 7) is 4.57. The molecular formula is C17H14ClF2N3O4. The molecule has 0 saturated heterocycles. The van der Waals surface area contributed by atoms with Gasteiger partial charge in [0.1, 0.15) is 5.82 Å². The number of carbonyl (C=O) groups is 2. The van der Waals surface area contributed by atoms with E-state index in [0.717, 1.165) is 11.6 Å². The zero-order valence-corrected chi connectivity index (χ0v) is 14.7. The molecule has 0 unspecified atom stereocenters. The summed E-state index contributed by atoms with van der Waals surface area (Å²) in [5.74, 6) is -5.03. The number of aliphatic carboxylic acids is 1. The van der Waals surface area contributed by atoms with Gasteiger partial charge in [0.25, 0.3) is 5.91 Å². The highest BCUT2D eigenvalue weighted by Gasteiger charge is 2.23. The molecule has 7 nitrogen and oxygen atoms in total. The van der Waals surface area contributed by atoms with E-state index in [1.165, 1.54) is 12.3 Å². The number of aryl methyl sites for hydroxylation is 1. The Morgan fingerprint density at radius 1 is 1.37 bits per heavy atom. The van der Waals surface area contributed by atoms with Crippen molar-refractivity contribution in [3.8, 4) is 0 Å². The standard InChI is InChI=1S/C17H14ClF2N3O4/c1-3-9-4-8(2)6-21-16(9)22-15-10(5-11(18)13(19)14(15)20)17(26)23-27-7-12(24)25/h3-6H,1,7H2,2H3,(H,21,22)(H,23,26)(H,24,25). The van der Waals surface area contributed by atoms with Crippen molar-refractivity contribution in [3.05, 3.63) is 58.3 Å². The number of amides is 1. The van der Waals surface area contributed by atoms with Crippen LogP contribution in [0.15, 0.2) is 24.9 Å². The van der Waals surface area contributed by atoms with Crippen LogP contribution < -0.4 is 10.8 Å². The number of rotatable bonds is 7. The molecular weight excluding hydrogens is 384 g/mol. The Morgan fingerprint density at radius 2 is 2.07 bits per heavy atom. The second kappa shape index (κ2) is 8.56. The SMILES string of the molecule is C=Cc1cc(C)cnc1Nc1c(C(=O)NOCC(=O)O)cc(Cl)c(F)c1F. The first kappa shape index (κ1) is 20.3. The Hall–Kier alpha value is -3.04. The number of nitrogens with one attached hydrogen (secondary N) is 2. The van der Waals surface area contributed by atoms with Crippen molar-refractivity contribution in [1.29, 1.82) is 0 Å². The maximum Gasteiger partial charge on any atom is 0.332 e. The van der Waals surface area contributed by atoms with Gasteiger partial charge < -0.3 is 10.4 Å². The normalized spacial score (nSPS) is 10.4. The number of benzene rings is 1. The van der Waals surface area contributed by atoms with Gasteiger partial charge in [0, 0.05) is 11.8 Å². The van der Waals surface area contributed by atoms with Gasteiger partial charge in [0.2, 0.25) is 0 Å². The van der Waals surface area contributed by atoms with Gasteiger partial charge in [0.15, 0.2) is 18.2 Å². The lowest BCUT2D eigenvalue weighted by Crippen LogP contribution is -2.27. The molecule has 1 aromatic carbocycles. The zero-order chi connectivity index (χ0) is 20.1. The van der Waals surface area contributed by atoms with E-state index >= 15 is 0 Å². The molecule has 0 fully saturated rings. The number of halogens is 3. The Morgan fingerprint density at radius 3 is 2.70 bits per heavy atom. The number of pyridine rings is 1. The van der Waals surface area contributed by atoms with Crippen molar-refractivity contribution in [2.45, 2.75) is 6.92 Å². The molecule has 142 valence electrons. The maximum atomic E-state index is 14.4. The first-order chi connectivity index (χ1) is 12.7. The molecule has 2 aromatic rings. The average Bonchev–Trinajstić information content (AvgIpc) is 2.62. The van der Waals surface area contributed by atoms with E-state index in [-0.39, 0.29) is 5.82 Å². The summed E-state index contributed by atoms with van der Waals surface area (Å²) in [5.41, 5.74) is 2.14. The van der Waals surface area contributed by atoms with Crippen LogP contribution in [0.25, 0.3) is 6.08 Å². The highest BCUT2D eigenvalue weighted by molar-refractivity contribution is 6.31. The molecule has 0 radical (unpaired) electrons. The number of hydrogen-bond donors (Lipinski definition) is 3. The molecule has 0 aliphatic heterocycles. The highest BCUT2D eigenvalue weighted by Crippen LogP contribution is 2.31. The summed E-state index contributed by atoms with van der Waals surface area (Å²) in [6.07, 6.45) is 2.93. The van der Waals surface area contributed by atoms with Crippen LogP contribution in [0.1, 0.15) is 21.5 Å². The summed E-state index contributed by atoms with van der Waals surface area (Å²) in [4.78, 5) is 31.2. The van der Waals surface area contributed by atoms with Crippen molar-refractivity contribution in [1.82, 2.24) is 10.5 Å². The summed E-state index contributed by atoms with van der Waals surface area (Å²) < 4.78 is 28.4. The first-order valence-corrected chi connectivity index (χ1v) is 7.80. The van der Waals surface area contributed by atoms with Gasteiger partial charge in [-0.25, -0.2) is 24.0 Å². The predicted octanol–water partition coefficient (Wildman–Crippen LogP) is 3.45. The first-order valence-electron chi connectivity index (χ1n) is 7.42. The third-order valence-electron chi connectivity index (χ3n) is 3.28. The van der Waals surface area contributed by atoms with Crippen molar-refractivity contribution < 1.29 is 28.3 Å². The van der Waals surface area contributed by atoms with E-state index in [1.807, 2.05) is 5.48 Å². The van der Waals surface area contributed by atoms with Crippen LogP contribution in [0.3, 0.4) is 0 Å². The van der Waals surface area contributed by atoms with Gasteiger partial charge >= 0.3 is 5.97 Å². The van der Waals surface area contributed by atoms with Crippen LogP contribution in [0.5, 0.6) is 0 Å².